The molecule has 0 aliphatic heterocycles. The first-order valence-corrected chi connectivity index (χ1v) is 13.6. The average molecular weight is 571 g/mol. The van der Waals surface area contributed by atoms with E-state index >= 15 is 0 Å². The van der Waals surface area contributed by atoms with Crippen LogP contribution in [0.4, 0.5) is 11.5 Å². The van der Waals surface area contributed by atoms with Gasteiger partial charge in [-0.2, -0.15) is 0 Å². The molecule has 4 rings (SSSR count). The predicted molar refractivity (Wildman–Crippen MR) is 153 cm³/mol. The molecule has 2 N–H and O–H groups in total. The van der Waals surface area contributed by atoms with Crippen LogP contribution in [0.1, 0.15) is 57.0 Å². The zero-order valence-corrected chi connectivity index (χ0v) is 24.1. The van der Waals surface area contributed by atoms with Gasteiger partial charge in [-0.3, -0.25) is 9.59 Å². The summed E-state index contributed by atoms with van der Waals surface area (Å²) in [5.41, 5.74) is -0.0476. The minimum Gasteiger partial charge on any atom is -0.482 e. The number of hydrogen-bond donors (Lipinski definition) is 2. The van der Waals surface area contributed by atoms with Crippen LogP contribution in [0.5, 0.6) is 5.75 Å². The number of esters is 1. The Kier molecular flexibility index (Phi) is 9.00. The summed E-state index contributed by atoms with van der Waals surface area (Å²) in [7, 11) is 4.09. The lowest BCUT2D eigenvalue weighted by atomic mass is 9.85. The number of carbonyl (C=O) groups excluding carboxylic acids is 3. The van der Waals surface area contributed by atoms with Crippen LogP contribution in [-0.2, 0) is 14.3 Å². The van der Waals surface area contributed by atoms with Crippen LogP contribution in [0.25, 0.3) is 11.0 Å². The lowest BCUT2D eigenvalue weighted by Gasteiger charge is -2.31. The van der Waals surface area contributed by atoms with Crippen molar-refractivity contribution in [3.05, 3.63) is 47.3 Å². The summed E-state index contributed by atoms with van der Waals surface area (Å²) in [5, 5.41) is 6.53. The molecule has 2 amide bonds. The first kappa shape index (κ1) is 29.4. The van der Waals surface area contributed by atoms with Crippen LogP contribution < -0.4 is 15.4 Å². The lowest BCUT2D eigenvalue weighted by molar-refractivity contribution is -0.157. The second kappa shape index (κ2) is 12.3. The van der Waals surface area contributed by atoms with E-state index in [9.17, 15) is 14.4 Å². The second-order valence-corrected chi connectivity index (χ2v) is 11.5. The fraction of sp³-hybridized carbons (Fsp3) is 0.448. The van der Waals surface area contributed by atoms with Gasteiger partial charge in [-0.25, -0.2) is 9.78 Å². The average Bonchev–Trinajstić information content (AvgIpc) is 3.25. The Morgan fingerprint density at radius 3 is 2.42 bits per heavy atom. The van der Waals surface area contributed by atoms with E-state index in [1.54, 1.807) is 51.1 Å². The standard InChI is InChI=1S/C29H35ClN4O6/c1-29(2,3)40-24(35)16-38-20-11-12-22-21(14-20)25(33-27(36)17-6-9-19(10-7-17)34(4)5)26(39-22)28(37)32-23-13-8-18(30)15-31-23/h8,11-15,17,19H,6-7,9-10,16H2,1-5H3,(H,33,36)(H,31,32,37). The van der Waals surface area contributed by atoms with Crippen molar-refractivity contribution in [3.63, 3.8) is 0 Å². The number of hydrogen-bond acceptors (Lipinski definition) is 8. The number of pyridine rings is 1. The van der Waals surface area contributed by atoms with Gasteiger partial charge in [-0.1, -0.05) is 11.6 Å². The molecule has 2 aromatic heterocycles. The minimum absolute atomic E-state index is 0.0774. The number of amides is 2. The molecule has 0 unspecified atom stereocenters. The molecule has 214 valence electrons. The molecule has 0 radical (unpaired) electrons. The van der Waals surface area contributed by atoms with Crippen molar-refractivity contribution in [3.8, 4) is 5.75 Å². The van der Waals surface area contributed by atoms with Gasteiger partial charge in [0.05, 0.1) is 5.02 Å². The normalized spacial score (nSPS) is 17.5. The van der Waals surface area contributed by atoms with Crippen molar-refractivity contribution < 1.29 is 28.3 Å². The molecule has 0 spiro atoms. The molecule has 11 heteroatoms. The van der Waals surface area contributed by atoms with E-state index in [0.29, 0.717) is 27.8 Å². The number of halogens is 1. The van der Waals surface area contributed by atoms with Crippen molar-refractivity contribution in [1.82, 2.24) is 9.88 Å². The van der Waals surface area contributed by atoms with Crippen molar-refractivity contribution in [2.24, 2.45) is 5.92 Å². The molecular formula is C29H35ClN4O6. The summed E-state index contributed by atoms with van der Waals surface area (Å²) in [6, 6.07) is 8.47. The third kappa shape index (κ3) is 7.51. The minimum atomic E-state index is -0.640. The zero-order chi connectivity index (χ0) is 29.0. The summed E-state index contributed by atoms with van der Waals surface area (Å²) in [5.74, 6) is -0.930. The number of ether oxygens (including phenoxy) is 2. The number of anilines is 2. The first-order chi connectivity index (χ1) is 18.9. The Bertz CT molecular complexity index is 1370. The molecule has 10 nitrogen and oxygen atoms in total. The van der Waals surface area contributed by atoms with Crippen LogP contribution >= 0.6 is 11.6 Å². The smallest absolute Gasteiger partial charge is 0.344 e. The van der Waals surface area contributed by atoms with Gasteiger partial charge in [-0.05, 0) is 90.9 Å². The number of carbonyl (C=O) groups is 3. The summed E-state index contributed by atoms with van der Waals surface area (Å²) in [6.45, 7) is 5.02. The maximum Gasteiger partial charge on any atom is 0.344 e. The Morgan fingerprint density at radius 2 is 1.80 bits per heavy atom. The molecule has 1 aromatic carbocycles. The fourth-order valence-electron chi connectivity index (χ4n) is 4.67. The monoisotopic (exact) mass is 570 g/mol. The van der Waals surface area contributed by atoms with Crippen molar-refractivity contribution in [1.29, 1.82) is 0 Å². The second-order valence-electron chi connectivity index (χ2n) is 11.1. The summed E-state index contributed by atoms with van der Waals surface area (Å²) in [4.78, 5) is 45.1. The van der Waals surface area contributed by atoms with Crippen LogP contribution in [0.15, 0.2) is 40.9 Å². The quantitative estimate of drug-likeness (QED) is 0.340. The van der Waals surface area contributed by atoms with Gasteiger partial charge in [0.2, 0.25) is 11.7 Å². The highest BCUT2D eigenvalue weighted by atomic mass is 35.5. The number of nitrogens with one attached hydrogen (secondary N) is 2. The van der Waals surface area contributed by atoms with E-state index < -0.39 is 17.5 Å². The number of rotatable bonds is 8. The molecule has 0 bridgehead atoms. The fourth-order valence-corrected chi connectivity index (χ4v) is 4.78. The Labute approximate surface area is 238 Å². The summed E-state index contributed by atoms with van der Waals surface area (Å²) < 4.78 is 16.9. The van der Waals surface area contributed by atoms with Gasteiger partial charge >= 0.3 is 5.97 Å². The van der Waals surface area contributed by atoms with Crippen molar-refractivity contribution in [2.75, 3.05) is 31.3 Å². The zero-order valence-electron chi connectivity index (χ0n) is 23.4. The van der Waals surface area contributed by atoms with Crippen molar-refractivity contribution >= 4 is 51.9 Å². The van der Waals surface area contributed by atoms with E-state index in [0.717, 1.165) is 25.7 Å². The number of furan rings is 1. The van der Waals surface area contributed by atoms with Crippen LogP contribution in [0.2, 0.25) is 5.02 Å². The predicted octanol–water partition coefficient (Wildman–Crippen LogP) is 5.51. The third-order valence-electron chi connectivity index (χ3n) is 6.66. The SMILES string of the molecule is CN(C)C1CCC(C(=O)Nc2c(C(=O)Nc3ccc(Cl)cn3)oc3ccc(OCC(=O)OC(C)(C)C)cc23)CC1. The number of fused-ring (bicyclic) bond motifs is 1. The van der Waals surface area contributed by atoms with Crippen molar-refractivity contribution in [2.45, 2.75) is 58.1 Å². The Balaban J connectivity index is 1.60. The van der Waals surface area contributed by atoms with Crippen LogP contribution in [-0.4, -0.2) is 60.0 Å². The lowest BCUT2D eigenvalue weighted by Crippen LogP contribution is -2.35. The van der Waals surface area contributed by atoms with Gasteiger partial charge in [0.1, 0.15) is 28.4 Å². The highest BCUT2D eigenvalue weighted by Gasteiger charge is 2.30. The number of benzene rings is 1. The summed E-state index contributed by atoms with van der Waals surface area (Å²) >= 11 is 5.91. The molecular weight excluding hydrogens is 536 g/mol. The summed E-state index contributed by atoms with van der Waals surface area (Å²) in [6.07, 6.45) is 4.72. The third-order valence-corrected chi connectivity index (χ3v) is 6.88. The molecule has 1 aliphatic carbocycles. The largest absolute Gasteiger partial charge is 0.482 e. The maximum absolute atomic E-state index is 13.4. The topological polar surface area (TPSA) is 123 Å². The van der Waals surface area contributed by atoms with E-state index in [4.69, 9.17) is 25.5 Å². The molecule has 3 aromatic rings. The van der Waals surface area contributed by atoms with Gasteiger partial charge in [0, 0.05) is 23.5 Å². The molecule has 0 saturated heterocycles. The molecule has 0 atom stereocenters. The Morgan fingerprint density at radius 1 is 1.07 bits per heavy atom. The van der Waals surface area contributed by atoms with E-state index in [1.807, 2.05) is 14.1 Å². The molecule has 1 aliphatic rings. The number of nitrogens with zero attached hydrogens (tertiary/aromatic N) is 2. The molecule has 40 heavy (non-hydrogen) atoms. The van der Waals surface area contributed by atoms with Crippen LogP contribution in [0.3, 0.4) is 0 Å². The highest BCUT2D eigenvalue weighted by molar-refractivity contribution is 6.30. The molecule has 2 heterocycles. The van der Waals surface area contributed by atoms with Gasteiger partial charge in [-0.15, -0.1) is 0 Å². The maximum atomic E-state index is 13.4. The Hall–Kier alpha value is -3.63. The van der Waals surface area contributed by atoms with Gasteiger partial charge < -0.3 is 29.4 Å². The van der Waals surface area contributed by atoms with E-state index in [-0.39, 0.29) is 35.7 Å². The number of aromatic nitrogens is 1. The van der Waals surface area contributed by atoms with Gasteiger partial charge in [0.25, 0.3) is 5.91 Å². The molecule has 1 fully saturated rings. The van der Waals surface area contributed by atoms with E-state index in [2.05, 4.69) is 20.5 Å². The molecule has 1 saturated carbocycles. The van der Waals surface area contributed by atoms with Crippen LogP contribution in [0, 0.1) is 5.92 Å². The van der Waals surface area contributed by atoms with Gasteiger partial charge in [0.15, 0.2) is 6.61 Å². The highest BCUT2D eigenvalue weighted by Crippen LogP contribution is 2.36. The first-order valence-electron chi connectivity index (χ1n) is 13.2. The van der Waals surface area contributed by atoms with E-state index in [1.165, 1.54) is 6.20 Å².